The third kappa shape index (κ3) is 4.03. The number of aromatic nitrogens is 4. The molecule has 3 heterocycles. The zero-order valence-electron chi connectivity index (χ0n) is 26.0. The van der Waals surface area contributed by atoms with Crippen molar-refractivity contribution in [2.45, 2.75) is 0 Å². The van der Waals surface area contributed by atoms with Gasteiger partial charge >= 0.3 is 0 Å². The smallest absolute Gasteiger partial charge is 0.162 e. The maximum absolute atomic E-state index is 5.23. The summed E-state index contributed by atoms with van der Waals surface area (Å²) in [6.07, 6.45) is 0. The molecule has 0 atom stereocenters. The van der Waals surface area contributed by atoms with Crippen LogP contribution in [0.5, 0.6) is 0 Å². The van der Waals surface area contributed by atoms with Crippen LogP contribution in [0.15, 0.2) is 170 Å². The molecular weight excluding hydrogens is 585 g/mol. The molecule has 0 aliphatic heterocycles. The molecule has 0 amide bonds. The number of para-hydroxylation sites is 4. The molecule has 0 unspecified atom stereocenters. The van der Waals surface area contributed by atoms with E-state index < -0.39 is 0 Å². The molecule has 0 spiro atoms. The Kier molecular flexibility index (Phi) is 5.84. The quantitative estimate of drug-likeness (QED) is 0.198. The molecule has 4 heteroatoms. The number of fused-ring (bicyclic) bond motifs is 7. The Morgan fingerprint density at radius 2 is 0.833 bits per heavy atom. The van der Waals surface area contributed by atoms with Crippen LogP contribution < -0.4 is 0 Å². The molecule has 0 radical (unpaired) electrons. The second-order valence-electron chi connectivity index (χ2n) is 12.3. The number of hydrogen-bond acceptors (Lipinski definition) is 2. The zero-order valence-corrected chi connectivity index (χ0v) is 26.0. The maximum Gasteiger partial charge on any atom is 0.162 e. The van der Waals surface area contributed by atoms with E-state index >= 15 is 0 Å². The second-order valence-corrected chi connectivity index (χ2v) is 12.3. The van der Waals surface area contributed by atoms with E-state index in [-0.39, 0.29) is 0 Å². The van der Waals surface area contributed by atoms with Gasteiger partial charge in [-0.05, 0) is 71.8 Å². The lowest BCUT2D eigenvalue weighted by Crippen LogP contribution is -2.02. The van der Waals surface area contributed by atoms with Crippen LogP contribution in [0.2, 0.25) is 0 Å². The fraction of sp³-hybridized carbons (Fsp3) is 0. The van der Waals surface area contributed by atoms with E-state index in [1.807, 2.05) is 24.3 Å². The van der Waals surface area contributed by atoms with E-state index in [0.29, 0.717) is 0 Å². The molecule has 10 aromatic rings. The third-order valence-corrected chi connectivity index (χ3v) is 9.52. The minimum atomic E-state index is 0.717. The number of rotatable bonds is 4. The summed E-state index contributed by atoms with van der Waals surface area (Å²) in [6.45, 7) is 0. The van der Waals surface area contributed by atoms with Crippen molar-refractivity contribution in [1.29, 1.82) is 0 Å². The van der Waals surface area contributed by atoms with Crippen LogP contribution in [0.25, 0.3) is 88.5 Å². The van der Waals surface area contributed by atoms with Gasteiger partial charge in [-0.2, -0.15) is 0 Å². The summed E-state index contributed by atoms with van der Waals surface area (Å²) in [7, 11) is 0. The molecule has 0 aliphatic carbocycles. The first kappa shape index (κ1) is 26.7. The second kappa shape index (κ2) is 10.5. The Balaban J connectivity index is 1.20. The highest BCUT2D eigenvalue weighted by Gasteiger charge is 2.19. The Morgan fingerprint density at radius 1 is 0.333 bits per heavy atom. The molecule has 0 fully saturated rings. The van der Waals surface area contributed by atoms with Crippen LogP contribution in [0.1, 0.15) is 0 Å². The first-order valence-corrected chi connectivity index (χ1v) is 16.3. The highest BCUT2D eigenvalue weighted by atomic mass is 15.1. The van der Waals surface area contributed by atoms with Gasteiger partial charge in [-0.25, -0.2) is 9.97 Å². The third-order valence-electron chi connectivity index (χ3n) is 9.52. The highest BCUT2D eigenvalue weighted by molar-refractivity contribution is 6.13. The van der Waals surface area contributed by atoms with Crippen LogP contribution in [0, 0.1) is 0 Å². The fourth-order valence-corrected chi connectivity index (χ4v) is 7.33. The monoisotopic (exact) mass is 612 g/mol. The molecule has 0 saturated carbocycles. The standard InChI is InChI=1S/C44H28N4/c1-3-13-29(14-4-1)43-45-38-20-10-7-19-35(38)44(46-43)48-40-22-12-9-18-34(40)37-28-31(24-26-42(37)48)30-23-25-41-36(27-30)33-17-8-11-21-39(33)47(41)32-15-5-2-6-16-32/h1-28H. The Hall–Kier alpha value is -6.52. The van der Waals surface area contributed by atoms with Crippen LogP contribution in [-0.2, 0) is 0 Å². The van der Waals surface area contributed by atoms with Gasteiger partial charge in [-0.3, -0.25) is 4.57 Å². The van der Waals surface area contributed by atoms with E-state index in [1.165, 1.54) is 49.4 Å². The SMILES string of the molecule is c1ccc(-c2nc(-n3c4ccccc4c4cc(-c5ccc6c(c5)c5ccccc5n6-c5ccccc5)ccc43)c3ccccc3n2)cc1. The summed E-state index contributed by atoms with van der Waals surface area (Å²) in [5, 5.41) is 5.90. The van der Waals surface area contributed by atoms with Gasteiger partial charge in [0.25, 0.3) is 0 Å². The fourth-order valence-electron chi connectivity index (χ4n) is 7.33. The van der Waals surface area contributed by atoms with Gasteiger partial charge in [-0.1, -0.05) is 109 Å². The molecule has 224 valence electrons. The van der Waals surface area contributed by atoms with Gasteiger partial charge in [0.1, 0.15) is 5.82 Å². The van der Waals surface area contributed by atoms with Crippen molar-refractivity contribution < 1.29 is 0 Å². The van der Waals surface area contributed by atoms with E-state index in [9.17, 15) is 0 Å². The van der Waals surface area contributed by atoms with E-state index in [1.54, 1.807) is 0 Å². The van der Waals surface area contributed by atoms with E-state index in [4.69, 9.17) is 9.97 Å². The molecule has 10 rings (SSSR count). The van der Waals surface area contributed by atoms with Crippen LogP contribution in [0.3, 0.4) is 0 Å². The minimum Gasteiger partial charge on any atom is -0.309 e. The van der Waals surface area contributed by atoms with Gasteiger partial charge < -0.3 is 4.57 Å². The molecule has 48 heavy (non-hydrogen) atoms. The average Bonchev–Trinajstić information content (AvgIpc) is 3.67. The van der Waals surface area contributed by atoms with Crippen LogP contribution >= 0.6 is 0 Å². The molecule has 0 bridgehead atoms. The van der Waals surface area contributed by atoms with Crippen molar-refractivity contribution in [3.8, 4) is 34.0 Å². The summed E-state index contributed by atoms with van der Waals surface area (Å²) < 4.78 is 4.67. The largest absolute Gasteiger partial charge is 0.309 e. The molecular formula is C44H28N4. The molecule has 0 N–H and O–H groups in total. The molecule has 4 nitrogen and oxygen atoms in total. The summed E-state index contributed by atoms with van der Waals surface area (Å²) >= 11 is 0. The first-order chi connectivity index (χ1) is 23.8. The molecule has 7 aromatic carbocycles. The van der Waals surface area contributed by atoms with Gasteiger partial charge in [0.05, 0.1) is 27.6 Å². The van der Waals surface area contributed by atoms with E-state index in [2.05, 4.69) is 155 Å². The lowest BCUT2D eigenvalue weighted by molar-refractivity contribution is 1.08. The van der Waals surface area contributed by atoms with Gasteiger partial charge in [-0.15, -0.1) is 0 Å². The normalized spacial score (nSPS) is 11.8. The Morgan fingerprint density at radius 3 is 1.50 bits per heavy atom. The summed E-state index contributed by atoms with van der Waals surface area (Å²) in [6, 6.07) is 60.2. The predicted molar refractivity (Wildman–Crippen MR) is 199 cm³/mol. The average molecular weight is 613 g/mol. The Labute approximate surface area is 276 Å². The summed E-state index contributed by atoms with van der Waals surface area (Å²) in [4.78, 5) is 10.2. The molecule has 3 aromatic heterocycles. The lowest BCUT2D eigenvalue weighted by atomic mass is 10.0. The van der Waals surface area contributed by atoms with Crippen molar-refractivity contribution >= 4 is 54.5 Å². The van der Waals surface area contributed by atoms with Crippen molar-refractivity contribution in [3.05, 3.63) is 170 Å². The van der Waals surface area contributed by atoms with Crippen LogP contribution in [0.4, 0.5) is 0 Å². The minimum absolute atomic E-state index is 0.717. The molecule has 0 aliphatic rings. The number of hydrogen-bond donors (Lipinski definition) is 0. The van der Waals surface area contributed by atoms with Crippen molar-refractivity contribution in [2.75, 3.05) is 0 Å². The van der Waals surface area contributed by atoms with Gasteiger partial charge in [0.2, 0.25) is 0 Å². The van der Waals surface area contributed by atoms with Crippen LogP contribution in [-0.4, -0.2) is 19.1 Å². The van der Waals surface area contributed by atoms with Crippen molar-refractivity contribution in [3.63, 3.8) is 0 Å². The Bertz CT molecular complexity index is 2830. The lowest BCUT2D eigenvalue weighted by Gasteiger charge is -2.13. The van der Waals surface area contributed by atoms with Gasteiger partial charge in [0, 0.05) is 38.2 Å². The predicted octanol–water partition coefficient (Wildman–Crippen LogP) is 11.2. The first-order valence-electron chi connectivity index (χ1n) is 16.3. The topological polar surface area (TPSA) is 35.6 Å². The number of benzene rings is 7. The zero-order chi connectivity index (χ0) is 31.6. The summed E-state index contributed by atoms with van der Waals surface area (Å²) in [5.74, 6) is 1.60. The molecule has 0 saturated heterocycles. The number of nitrogens with zero attached hydrogens (tertiary/aromatic N) is 4. The summed E-state index contributed by atoms with van der Waals surface area (Å²) in [5.41, 5.74) is 10.1. The maximum atomic E-state index is 5.23. The van der Waals surface area contributed by atoms with Crippen molar-refractivity contribution in [2.24, 2.45) is 0 Å². The van der Waals surface area contributed by atoms with Gasteiger partial charge in [0.15, 0.2) is 5.82 Å². The highest BCUT2D eigenvalue weighted by Crippen LogP contribution is 2.39. The van der Waals surface area contributed by atoms with E-state index in [0.717, 1.165) is 39.1 Å². The van der Waals surface area contributed by atoms with Crippen molar-refractivity contribution in [1.82, 2.24) is 19.1 Å².